The molecule has 142 valence electrons. The Morgan fingerprint density at radius 3 is 2.68 bits per heavy atom. The first-order chi connectivity index (χ1) is 13.6. The monoisotopic (exact) mass is 375 g/mol. The summed E-state index contributed by atoms with van der Waals surface area (Å²) < 4.78 is 1.48. The van der Waals surface area contributed by atoms with Crippen LogP contribution in [0, 0.1) is 5.92 Å². The summed E-state index contributed by atoms with van der Waals surface area (Å²) in [6, 6.07) is 14.8. The smallest absolute Gasteiger partial charge is 0.254 e. The van der Waals surface area contributed by atoms with E-state index in [2.05, 4.69) is 44.7 Å². The predicted octanol–water partition coefficient (Wildman–Crippen LogP) is 3.06. The van der Waals surface area contributed by atoms with Crippen LogP contribution in [-0.2, 0) is 0 Å². The van der Waals surface area contributed by atoms with Crippen molar-refractivity contribution >= 4 is 16.9 Å². The van der Waals surface area contributed by atoms with Gasteiger partial charge in [0.05, 0.1) is 28.3 Å². The third kappa shape index (κ3) is 3.62. The van der Waals surface area contributed by atoms with Crippen molar-refractivity contribution in [2.75, 3.05) is 0 Å². The first-order valence-corrected chi connectivity index (χ1v) is 9.19. The molecule has 2 heterocycles. The molecule has 1 amide bonds. The van der Waals surface area contributed by atoms with Gasteiger partial charge in [0.15, 0.2) is 0 Å². The molecule has 0 bridgehead atoms. The SMILES string of the molecule is CC(C)C[C@@H](NC(=O)c1ccccc1-n1cnnn1)c1nc2ccccc2[nH]1. The summed E-state index contributed by atoms with van der Waals surface area (Å²) in [7, 11) is 0. The van der Waals surface area contributed by atoms with Crippen molar-refractivity contribution in [3.8, 4) is 5.69 Å². The van der Waals surface area contributed by atoms with Crippen LogP contribution >= 0.6 is 0 Å². The molecule has 0 unspecified atom stereocenters. The summed E-state index contributed by atoms with van der Waals surface area (Å²) in [5.74, 6) is 0.939. The number of imidazole rings is 1. The molecule has 4 rings (SSSR count). The average molecular weight is 375 g/mol. The molecule has 8 heteroatoms. The van der Waals surface area contributed by atoms with Gasteiger partial charge in [-0.25, -0.2) is 4.98 Å². The van der Waals surface area contributed by atoms with Crippen molar-refractivity contribution < 1.29 is 4.79 Å². The van der Waals surface area contributed by atoms with Gasteiger partial charge in [-0.3, -0.25) is 4.79 Å². The molecule has 4 aromatic rings. The van der Waals surface area contributed by atoms with E-state index in [1.54, 1.807) is 6.07 Å². The first kappa shape index (κ1) is 17.8. The maximum Gasteiger partial charge on any atom is 0.254 e. The van der Waals surface area contributed by atoms with E-state index in [1.165, 1.54) is 11.0 Å². The number of aromatic nitrogens is 6. The van der Waals surface area contributed by atoms with Crippen LogP contribution in [-0.4, -0.2) is 36.1 Å². The second-order valence-electron chi connectivity index (χ2n) is 7.07. The van der Waals surface area contributed by atoms with E-state index < -0.39 is 0 Å². The highest BCUT2D eigenvalue weighted by atomic mass is 16.1. The maximum absolute atomic E-state index is 13.1. The van der Waals surface area contributed by atoms with Gasteiger partial charge in [-0.1, -0.05) is 38.1 Å². The first-order valence-electron chi connectivity index (χ1n) is 9.19. The van der Waals surface area contributed by atoms with Crippen LogP contribution in [0.2, 0.25) is 0 Å². The number of carbonyl (C=O) groups excluding carboxylic acids is 1. The Balaban J connectivity index is 1.65. The van der Waals surface area contributed by atoms with Gasteiger partial charge in [-0.15, -0.1) is 5.10 Å². The van der Waals surface area contributed by atoms with Gasteiger partial charge in [-0.05, 0) is 47.0 Å². The Kier molecular flexibility index (Phi) is 4.84. The molecule has 0 spiro atoms. The van der Waals surface area contributed by atoms with Crippen LogP contribution in [0.15, 0.2) is 54.9 Å². The fourth-order valence-electron chi connectivity index (χ4n) is 3.22. The van der Waals surface area contributed by atoms with Crippen LogP contribution in [0.25, 0.3) is 16.7 Å². The number of hydrogen-bond acceptors (Lipinski definition) is 5. The number of nitrogens with zero attached hydrogens (tertiary/aromatic N) is 5. The zero-order chi connectivity index (χ0) is 19.5. The van der Waals surface area contributed by atoms with Crippen LogP contribution < -0.4 is 5.32 Å². The second-order valence-corrected chi connectivity index (χ2v) is 7.07. The van der Waals surface area contributed by atoms with Gasteiger partial charge in [0.1, 0.15) is 12.2 Å². The molecule has 28 heavy (non-hydrogen) atoms. The molecule has 2 N–H and O–H groups in total. The Labute approximate surface area is 162 Å². The molecule has 0 saturated heterocycles. The van der Waals surface area contributed by atoms with Gasteiger partial charge in [0, 0.05) is 0 Å². The highest BCUT2D eigenvalue weighted by molar-refractivity contribution is 5.98. The van der Waals surface area contributed by atoms with Gasteiger partial charge in [0.2, 0.25) is 0 Å². The minimum absolute atomic E-state index is 0.197. The largest absolute Gasteiger partial charge is 0.342 e. The van der Waals surface area contributed by atoms with Crippen molar-refractivity contribution in [1.29, 1.82) is 0 Å². The van der Waals surface area contributed by atoms with Crippen molar-refractivity contribution in [2.45, 2.75) is 26.3 Å². The summed E-state index contributed by atoms with van der Waals surface area (Å²) in [6.07, 6.45) is 2.23. The van der Waals surface area contributed by atoms with Crippen LogP contribution in [0.1, 0.15) is 42.5 Å². The molecular weight excluding hydrogens is 354 g/mol. The fraction of sp³-hybridized carbons (Fsp3) is 0.250. The van der Waals surface area contributed by atoms with Crippen molar-refractivity contribution in [2.24, 2.45) is 5.92 Å². The van der Waals surface area contributed by atoms with Gasteiger partial charge >= 0.3 is 0 Å². The lowest BCUT2D eigenvalue weighted by molar-refractivity contribution is 0.0930. The number of aromatic amines is 1. The summed E-state index contributed by atoms with van der Waals surface area (Å²) in [6.45, 7) is 4.24. The number of rotatable bonds is 6. The molecule has 0 aliphatic rings. The predicted molar refractivity (Wildman–Crippen MR) is 105 cm³/mol. The highest BCUT2D eigenvalue weighted by Crippen LogP contribution is 2.23. The number of carbonyl (C=O) groups is 1. The molecule has 0 aliphatic carbocycles. The quantitative estimate of drug-likeness (QED) is 0.539. The number of hydrogen-bond donors (Lipinski definition) is 2. The van der Waals surface area contributed by atoms with Crippen LogP contribution in [0.3, 0.4) is 0 Å². The lowest BCUT2D eigenvalue weighted by atomic mass is 10.0. The van der Waals surface area contributed by atoms with Crippen LogP contribution in [0.5, 0.6) is 0 Å². The third-order valence-electron chi connectivity index (χ3n) is 4.49. The number of fused-ring (bicyclic) bond motifs is 1. The molecule has 2 aromatic heterocycles. The highest BCUT2D eigenvalue weighted by Gasteiger charge is 2.22. The number of nitrogens with one attached hydrogen (secondary N) is 2. The third-order valence-corrected chi connectivity index (χ3v) is 4.49. The standard InChI is InChI=1S/C20H21N7O/c1-13(2)11-17(19-22-15-8-4-5-9-16(15)23-19)24-20(28)14-7-3-6-10-18(14)27-12-21-25-26-27/h3-10,12-13,17H,11H2,1-2H3,(H,22,23)(H,24,28)/t17-/m1/s1. The zero-order valence-corrected chi connectivity index (χ0v) is 15.7. The molecule has 0 fully saturated rings. The molecule has 0 saturated carbocycles. The number of H-pyrrole nitrogens is 1. The summed E-state index contributed by atoms with van der Waals surface area (Å²) >= 11 is 0. The number of benzene rings is 2. The Hall–Kier alpha value is -3.55. The Morgan fingerprint density at radius 1 is 1.14 bits per heavy atom. The van der Waals surface area contributed by atoms with E-state index >= 15 is 0 Å². The van der Waals surface area contributed by atoms with Gasteiger partial charge < -0.3 is 10.3 Å². The normalized spacial score (nSPS) is 12.4. The lowest BCUT2D eigenvalue weighted by Crippen LogP contribution is -2.31. The van der Waals surface area contributed by atoms with Crippen LogP contribution in [0.4, 0.5) is 0 Å². The van der Waals surface area contributed by atoms with Gasteiger partial charge in [0.25, 0.3) is 5.91 Å². The van der Waals surface area contributed by atoms with E-state index in [1.807, 2.05) is 42.5 Å². The van der Waals surface area contributed by atoms with E-state index in [9.17, 15) is 4.79 Å². The average Bonchev–Trinajstić information content (AvgIpc) is 3.36. The minimum atomic E-state index is -0.234. The summed E-state index contributed by atoms with van der Waals surface area (Å²) in [5, 5.41) is 14.3. The molecular formula is C20H21N7O. The van der Waals surface area contributed by atoms with E-state index in [4.69, 9.17) is 0 Å². The summed E-state index contributed by atoms with van der Waals surface area (Å²) in [5.41, 5.74) is 2.96. The fourth-order valence-corrected chi connectivity index (χ4v) is 3.22. The number of tetrazole rings is 1. The lowest BCUT2D eigenvalue weighted by Gasteiger charge is -2.19. The topological polar surface area (TPSA) is 101 Å². The zero-order valence-electron chi connectivity index (χ0n) is 15.7. The summed E-state index contributed by atoms with van der Waals surface area (Å²) in [4.78, 5) is 21.1. The Morgan fingerprint density at radius 2 is 1.93 bits per heavy atom. The second kappa shape index (κ2) is 7.59. The number of para-hydroxylation sites is 3. The maximum atomic E-state index is 13.1. The minimum Gasteiger partial charge on any atom is -0.342 e. The van der Waals surface area contributed by atoms with Crippen molar-refractivity contribution in [3.05, 3.63) is 66.2 Å². The van der Waals surface area contributed by atoms with E-state index in [0.29, 0.717) is 17.2 Å². The number of amides is 1. The van der Waals surface area contributed by atoms with Gasteiger partial charge in [-0.2, -0.15) is 4.68 Å². The molecule has 1 atom stereocenters. The molecule has 2 aromatic carbocycles. The molecule has 8 nitrogen and oxygen atoms in total. The van der Waals surface area contributed by atoms with Crippen molar-refractivity contribution in [1.82, 2.24) is 35.5 Å². The molecule has 0 radical (unpaired) electrons. The van der Waals surface area contributed by atoms with E-state index in [0.717, 1.165) is 23.3 Å². The van der Waals surface area contributed by atoms with E-state index in [-0.39, 0.29) is 11.9 Å². The molecule has 0 aliphatic heterocycles. The van der Waals surface area contributed by atoms with Crippen molar-refractivity contribution in [3.63, 3.8) is 0 Å². The Bertz CT molecular complexity index is 1050.